The zero-order valence-corrected chi connectivity index (χ0v) is 14.7. The fourth-order valence-corrected chi connectivity index (χ4v) is 3.60. The Bertz CT molecular complexity index is 820. The maximum Gasteiger partial charge on any atom is 0.315 e. The number of aromatic nitrogens is 1. The number of hydrogen-bond donors (Lipinski definition) is 2. The molecule has 0 saturated carbocycles. The SMILES string of the molecule is COc1ccc(NC(=O)c2nc3c(s2)CN(C(N)=O)CC3)cc1OC. The molecule has 132 valence electrons. The number of hydrogen-bond acceptors (Lipinski definition) is 6. The zero-order chi connectivity index (χ0) is 18.0. The first kappa shape index (κ1) is 17.0. The molecule has 2 heterocycles. The van der Waals surface area contributed by atoms with Crippen molar-refractivity contribution in [3.63, 3.8) is 0 Å². The molecule has 8 nitrogen and oxygen atoms in total. The number of fused-ring (bicyclic) bond motifs is 1. The summed E-state index contributed by atoms with van der Waals surface area (Å²) in [4.78, 5) is 30.6. The number of urea groups is 1. The first-order valence-electron chi connectivity index (χ1n) is 7.58. The number of benzene rings is 1. The predicted octanol–water partition coefficient (Wildman–Crippen LogP) is 1.85. The van der Waals surface area contributed by atoms with Gasteiger partial charge in [-0.1, -0.05) is 0 Å². The molecule has 0 atom stereocenters. The van der Waals surface area contributed by atoms with Gasteiger partial charge < -0.3 is 25.4 Å². The molecule has 0 saturated heterocycles. The fraction of sp³-hybridized carbons (Fsp3) is 0.312. The first-order chi connectivity index (χ1) is 12.0. The lowest BCUT2D eigenvalue weighted by Crippen LogP contribution is -2.39. The molecular weight excluding hydrogens is 344 g/mol. The van der Waals surface area contributed by atoms with Gasteiger partial charge in [-0.25, -0.2) is 9.78 Å². The Labute approximate surface area is 148 Å². The number of carbonyl (C=O) groups is 2. The van der Waals surface area contributed by atoms with E-state index >= 15 is 0 Å². The van der Waals surface area contributed by atoms with E-state index in [0.29, 0.717) is 41.7 Å². The lowest BCUT2D eigenvalue weighted by Gasteiger charge is -2.23. The highest BCUT2D eigenvalue weighted by Gasteiger charge is 2.24. The van der Waals surface area contributed by atoms with Crippen LogP contribution in [-0.2, 0) is 13.0 Å². The lowest BCUT2D eigenvalue weighted by atomic mass is 10.2. The molecule has 3 N–H and O–H groups in total. The number of amides is 3. The third-order valence-corrected chi connectivity index (χ3v) is 4.96. The normalized spacial score (nSPS) is 13.1. The van der Waals surface area contributed by atoms with E-state index in [4.69, 9.17) is 15.2 Å². The minimum absolute atomic E-state index is 0.308. The van der Waals surface area contributed by atoms with Crippen LogP contribution in [0.5, 0.6) is 11.5 Å². The standard InChI is InChI=1S/C16H18N4O4S/c1-23-11-4-3-9(7-12(11)24-2)18-14(21)15-19-10-5-6-20(16(17)22)8-13(10)25-15/h3-4,7H,5-6,8H2,1-2H3,(H2,17,22)(H,18,21). The quantitative estimate of drug-likeness (QED) is 0.863. The molecule has 0 radical (unpaired) electrons. The van der Waals surface area contributed by atoms with Crippen LogP contribution in [0.2, 0.25) is 0 Å². The Morgan fingerprint density at radius 3 is 2.72 bits per heavy atom. The number of primary amides is 1. The number of thiazole rings is 1. The molecule has 25 heavy (non-hydrogen) atoms. The van der Waals surface area contributed by atoms with Crippen LogP contribution in [0.25, 0.3) is 0 Å². The van der Waals surface area contributed by atoms with Crippen molar-refractivity contribution in [2.24, 2.45) is 5.73 Å². The van der Waals surface area contributed by atoms with Gasteiger partial charge in [0.05, 0.1) is 26.5 Å². The highest BCUT2D eigenvalue weighted by atomic mass is 32.1. The van der Waals surface area contributed by atoms with Crippen molar-refractivity contribution < 1.29 is 19.1 Å². The summed E-state index contributed by atoms with van der Waals surface area (Å²) in [5.41, 5.74) is 6.74. The van der Waals surface area contributed by atoms with Gasteiger partial charge in [-0.2, -0.15) is 0 Å². The molecule has 1 aliphatic heterocycles. The number of rotatable bonds is 4. The minimum atomic E-state index is -0.463. The van der Waals surface area contributed by atoms with Gasteiger partial charge in [0.25, 0.3) is 5.91 Å². The molecule has 3 amide bonds. The summed E-state index contributed by atoms with van der Waals surface area (Å²) < 4.78 is 10.4. The Hall–Kier alpha value is -2.81. The average molecular weight is 362 g/mol. The molecule has 1 aromatic heterocycles. The number of carbonyl (C=O) groups excluding carboxylic acids is 2. The monoisotopic (exact) mass is 362 g/mol. The van der Waals surface area contributed by atoms with Crippen molar-refractivity contribution in [3.8, 4) is 11.5 Å². The second kappa shape index (κ2) is 6.98. The Kier molecular flexibility index (Phi) is 4.75. The molecule has 9 heteroatoms. The highest BCUT2D eigenvalue weighted by Crippen LogP contribution is 2.30. The van der Waals surface area contributed by atoms with E-state index < -0.39 is 6.03 Å². The van der Waals surface area contributed by atoms with Gasteiger partial charge in [0, 0.05) is 29.6 Å². The number of nitrogens with two attached hydrogens (primary N) is 1. The summed E-state index contributed by atoms with van der Waals surface area (Å²) in [5, 5.41) is 3.15. The third-order valence-electron chi connectivity index (χ3n) is 3.88. The molecule has 0 fully saturated rings. The van der Waals surface area contributed by atoms with Crippen LogP contribution in [-0.4, -0.2) is 42.6 Å². The predicted molar refractivity (Wildman–Crippen MR) is 93.3 cm³/mol. The van der Waals surface area contributed by atoms with Crippen LogP contribution >= 0.6 is 11.3 Å². The van der Waals surface area contributed by atoms with Crippen molar-refractivity contribution >= 4 is 29.0 Å². The second-order valence-electron chi connectivity index (χ2n) is 5.42. The Balaban J connectivity index is 1.75. The zero-order valence-electron chi connectivity index (χ0n) is 13.9. The average Bonchev–Trinajstić information content (AvgIpc) is 3.04. The van der Waals surface area contributed by atoms with Crippen LogP contribution < -0.4 is 20.5 Å². The summed E-state index contributed by atoms with van der Waals surface area (Å²) >= 11 is 1.27. The lowest BCUT2D eigenvalue weighted by molar-refractivity contribution is 0.102. The van der Waals surface area contributed by atoms with E-state index in [0.717, 1.165) is 10.6 Å². The van der Waals surface area contributed by atoms with Crippen LogP contribution in [0.3, 0.4) is 0 Å². The van der Waals surface area contributed by atoms with Gasteiger partial charge in [-0.3, -0.25) is 4.79 Å². The topological polar surface area (TPSA) is 107 Å². The van der Waals surface area contributed by atoms with Crippen molar-refractivity contribution in [2.45, 2.75) is 13.0 Å². The summed E-state index contributed by atoms with van der Waals surface area (Å²) in [6.45, 7) is 0.911. The molecule has 0 unspecified atom stereocenters. The molecule has 1 aromatic carbocycles. The molecule has 3 rings (SSSR count). The van der Waals surface area contributed by atoms with E-state index in [9.17, 15) is 9.59 Å². The number of nitrogens with zero attached hydrogens (tertiary/aromatic N) is 2. The maximum atomic E-state index is 12.5. The second-order valence-corrected chi connectivity index (χ2v) is 6.51. The number of nitrogens with one attached hydrogen (secondary N) is 1. The molecular formula is C16H18N4O4S. The Morgan fingerprint density at radius 2 is 2.04 bits per heavy atom. The largest absolute Gasteiger partial charge is 0.493 e. The maximum absolute atomic E-state index is 12.5. The molecule has 0 aliphatic carbocycles. The molecule has 0 spiro atoms. The molecule has 2 aromatic rings. The number of anilines is 1. The van der Waals surface area contributed by atoms with Crippen molar-refractivity contribution in [1.29, 1.82) is 0 Å². The van der Waals surface area contributed by atoms with Gasteiger partial charge in [0.1, 0.15) is 0 Å². The van der Waals surface area contributed by atoms with Gasteiger partial charge in [0.15, 0.2) is 16.5 Å². The van der Waals surface area contributed by atoms with Gasteiger partial charge in [-0.15, -0.1) is 11.3 Å². The van der Waals surface area contributed by atoms with Gasteiger partial charge in [-0.05, 0) is 12.1 Å². The fourth-order valence-electron chi connectivity index (χ4n) is 2.58. The number of ether oxygens (including phenoxy) is 2. The van der Waals surface area contributed by atoms with E-state index in [-0.39, 0.29) is 5.91 Å². The first-order valence-corrected chi connectivity index (χ1v) is 8.39. The highest BCUT2D eigenvalue weighted by molar-refractivity contribution is 7.13. The third kappa shape index (κ3) is 3.50. The van der Waals surface area contributed by atoms with Crippen molar-refractivity contribution in [3.05, 3.63) is 33.8 Å². The smallest absolute Gasteiger partial charge is 0.315 e. The van der Waals surface area contributed by atoms with Gasteiger partial charge >= 0.3 is 6.03 Å². The summed E-state index contributed by atoms with van der Waals surface area (Å²) in [7, 11) is 3.08. The van der Waals surface area contributed by atoms with E-state index in [1.54, 1.807) is 25.3 Å². The van der Waals surface area contributed by atoms with E-state index in [2.05, 4.69) is 10.3 Å². The van der Waals surface area contributed by atoms with E-state index in [1.807, 2.05) is 0 Å². The molecule has 1 aliphatic rings. The Morgan fingerprint density at radius 1 is 1.28 bits per heavy atom. The van der Waals surface area contributed by atoms with Crippen LogP contribution in [0.1, 0.15) is 20.4 Å². The summed E-state index contributed by atoms with van der Waals surface area (Å²) in [6, 6.07) is 4.66. The van der Waals surface area contributed by atoms with Crippen molar-refractivity contribution in [1.82, 2.24) is 9.88 Å². The van der Waals surface area contributed by atoms with Crippen LogP contribution in [0, 0.1) is 0 Å². The summed E-state index contributed by atoms with van der Waals surface area (Å²) in [5.74, 6) is 0.796. The van der Waals surface area contributed by atoms with Crippen molar-refractivity contribution in [2.75, 3.05) is 26.1 Å². The number of methoxy groups -OCH3 is 2. The summed E-state index contributed by atoms with van der Waals surface area (Å²) in [6.07, 6.45) is 0.596. The van der Waals surface area contributed by atoms with Crippen LogP contribution in [0.4, 0.5) is 10.5 Å². The molecule has 0 bridgehead atoms. The van der Waals surface area contributed by atoms with E-state index in [1.165, 1.54) is 23.3 Å². The van der Waals surface area contributed by atoms with Crippen LogP contribution in [0.15, 0.2) is 18.2 Å². The van der Waals surface area contributed by atoms with Gasteiger partial charge in [0.2, 0.25) is 0 Å². The minimum Gasteiger partial charge on any atom is -0.493 e.